The Bertz CT molecular complexity index is 638. The number of benzene rings is 1. The SMILES string of the molecule is O=C(O)c1c[c-]cc(C(=O)OCC(O)O)c1S(=O)(=O)O.[Na+]. The smallest absolute Gasteiger partial charge is 0.487 e. The van der Waals surface area contributed by atoms with E-state index < -0.39 is 51.0 Å². The zero-order valence-electron chi connectivity index (χ0n) is 10.7. The van der Waals surface area contributed by atoms with Gasteiger partial charge in [-0.1, -0.05) is 0 Å². The first-order valence-corrected chi connectivity index (χ1v) is 6.36. The van der Waals surface area contributed by atoms with Crippen molar-refractivity contribution in [2.45, 2.75) is 11.2 Å². The number of aromatic carboxylic acids is 1. The van der Waals surface area contributed by atoms with Crippen molar-refractivity contribution in [1.29, 1.82) is 0 Å². The second-order valence-electron chi connectivity index (χ2n) is 3.47. The molecule has 0 atom stereocenters. The van der Waals surface area contributed by atoms with Crippen LogP contribution >= 0.6 is 0 Å². The minimum atomic E-state index is -5.02. The van der Waals surface area contributed by atoms with Gasteiger partial charge in [0.05, 0.1) is 0 Å². The zero-order chi connectivity index (χ0) is 15.5. The number of hydrogen-bond acceptors (Lipinski definition) is 7. The minimum absolute atomic E-state index is 0. The second-order valence-corrected chi connectivity index (χ2v) is 4.83. The quantitative estimate of drug-likeness (QED) is 0.138. The van der Waals surface area contributed by atoms with Crippen LogP contribution in [0.25, 0.3) is 0 Å². The second kappa shape index (κ2) is 7.84. The number of carboxylic acid groups (broad SMARTS) is 1. The van der Waals surface area contributed by atoms with Gasteiger partial charge in [0.2, 0.25) is 0 Å². The molecule has 0 bridgehead atoms. The van der Waals surface area contributed by atoms with Gasteiger partial charge in [-0.15, -0.1) is 0 Å². The predicted octanol–water partition coefficient (Wildman–Crippen LogP) is -4.10. The standard InChI is InChI=1S/C10H9O9S.Na/c11-7(12)4-19-10(15)6-3-1-2-5(9(13)14)8(6)20(16,17)18;/h2-3,7,11-12H,4H2,(H,13,14)(H,16,17,18);/q-1;+1. The molecule has 21 heavy (non-hydrogen) atoms. The van der Waals surface area contributed by atoms with Crippen molar-refractivity contribution >= 4 is 22.1 Å². The van der Waals surface area contributed by atoms with Gasteiger partial charge in [0, 0.05) is 4.90 Å². The summed E-state index contributed by atoms with van der Waals surface area (Å²) in [7, 11) is -5.02. The number of ether oxygens (including phenoxy) is 1. The summed E-state index contributed by atoms with van der Waals surface area (Å²) in [5, 5.41) is 25.9. The minimum Gasteiger partial charge on any atom is -0.487 e. The molecule has 0 amide bonds. The molecule has 0 saturated heterocycles. The van der Waals surface area contributed by atoms with E-state index in [1.165, 1.54) is 0 Å². The topological polar surface area (TPSA) is 158 Å². The molecule has 0 radical (unpaired) electrons. The van der Waals surface area contributed by atoms with Crippen LogP contribution in [0.2, 0.25) is 0 Å². The van der Waals surface area contributed by atoms with E-state index in [2.05, 4.69) is 10.8 Å². The fraction of sp³-hybridized carbons (Fsp3) is 0.200. The first-order valence-electron chi connectivity index (χ1n) is 4.92. The summed E-state index contributed by atoms with van der Waals surface area (Å²) in [6, 6.07) is 3.76. The molecule has 11 heteroatoms. The number of rotatable bonds is 5. The van der Waals surface area contributed by atoms with Crippen LogP contribution in [-0.2, 0) is 14.9 Å². The van der Waals surface area contributed by atoms with Crippen LogP contribution in [0.3, 0.4) is 0 Å². The predicted molar refractivity (Wildman–Crippen MR) is 60.6 cm³/mol. The molecule has 0 aromatic heterocycles. The van der Waals surface area contributed by atoms with Gasteiger partial charge in [-0.05, 0) is 11.1 Å². The van der Waals surface area contributed by atoms with Crippen LogP contribution in [0.4, 0.5) is 0 Å². The third-order valence-electron chi connectivity index (χ3n) is 2.02. The fourth-order valence-electron chi connectivity index (χ4n) is 1.30. The van der Waals surface area contributed by atoms with E-state index >= 15 is 0 Å². The van der Waals surface area contributed by atoms with Gasteiger partial charge in [0.15, 0.2) is 6.29 Å². The molecule has 4 N–H and O–H groups in total. The number of carboxylic acids is 1. The Morgan fingerprint density at radius 3 is 2.19 bits per heavy atom. The maximum atomic E-state index is 11.6. The summed E-state index contributed by atoms with van der Waals surface area (Å²) in [4.78, 5) is 21.3. The molecule has 1 rings (SSSR count). The van der Waals surface area contributed by atoms with Crippen LogP contribution < -0.4 is 29.6 Å². The molecule has 0 heterocycles. The Balaban J connectivity index is 0.00000400. The van der Waals surface area contributed by atoms with Gasteiger partial charge in [-0.25, -0.2) is 0 Å². The number of esters is 1. The number of carbonyl (C=O) groups excluding carboxylic acids is 1. The van der Waals surface area contributed by atoms with Crippen molar-refractivity contribution in [2.24, 2.45) is 0 Å². The van der Waals surface area contributed by atoms with Crippen molar-refractivity contribution in [3.8, 4) is 0 Å². The molecule has 1 aromatic rings. The van der Waals surface area contributed by atoms with E-state index in [0.717, 1.165) is 12.1 Å². The molecular weight excluding hydrogens is 319 g/mol. The largest absolute Gasteiger partial charge is 1.00 e. The summed E-state index contributed by atoms with van der Waals surface area (Å²) in [5.74, 6) is -3.06. The van der Waals surface area contributed by atoms with E-state index in [-0.39, 0.29) is 29.6 Å². The maximum Gasteiger partial charge on any atom is 1.00 e. The van der Waals surface area contributed by atoms with E-state index in [4.69, 9.17) is 19.9 Å². The molecule has 0 aliphatic carbocycles. The van der Waals surface area contributed by atoms with Crippen LogP contribution in [-0.4, -0.2) is 53.1 Å². The average Bonchev–Trinajstić information content (AvgIpc) is 2.33. The summed E-state index contributed by atoms with van der Waals surface area (Å²) in [6.45, 7) is -0.860. The molecular formula is C10H9NaO9S. The molecule has 110 valence electrons. The average molecular weight is 328 g/mol. The van der Waals surface area contributed by atoms with Gasteiger partial charge in [0.25, 0.3) is 22.1 Å². The first kappa shape index (κ1) is 20.0. The zero-order valence-corrected chi connectivity index (χ0v) is 13.5. The van der Waals surface area contributed by atoms with Crippen molar-refractivity contribution < 1.29 is 72.2 Å². The Morgan fingerprint density at radius 1 is 1.24 bits per heavy atom. The number of aliphatic hydroxyl groups is 2. The van der Waals surface area contributed by atoms with Gasteiger partial charge < -0.3 is 20.1 Å². The molecule has 0 saturated carbocycles. The van der Waals surface area contributed by atoms with Crippen LogP contribution in [0.5, 0.6) is 0 Å². The van der Waals surface area contributed by atoms with Gasteiger partial charge in [-0.3, -0.25) is 14.1 Å². The number of aliphatic hydroxyl groups excluding tert-OH is 1. The van der Waals surface area contributed by atoms with Gasteiger partial charge >= 0.3 is 29.6 Å². The molecule has 9 nitrogen and oxygen atoms in total. The monoisotopic (exact) mass is 328 g/mol. The summed E-state index contributed by atoms with van der Waals surface area (Å²) in [5.41, 5.74) is -1.65. The summed E-state index contributed by atoms with van der Waals surface area (Å²) in [6.07, 6.45) is -1.99. The third kappa shape index (κ3) is 5.36. The molecule has 1 aromatic carbocycles. The van der Waals surface area contributed by atoms with Crippen molar-refractivity contribution in [3.05, 3.63) is 29.3 Å². The van der Waals surface area contributed by atoms with Crippen molar-refractivity contribution in [3.63, 3.8) is 0 Å². The summed E-state index contributed by atoms with van der Waals surface area (Å²) < 4.78 is 35.7. The molecule has 0 fully saturated rings. The van der Waals surface area contributed by atoms with E-state index in [9.17, 15) is 18.0 Å². The van der Waals surface area contributed by atoms with Crippen LogP contribution in [0.1, 0.15) is 20.7 Å². The molecule has 0 aliphatic rings. The Hall–Kier alpha value is -1.01. The van der Waals surface area contributed by atoms with Crippen molar-refractivity contribution in [2.75, 3.05) is 6.61 Å². The van der Waals surface area contributed by atoms with Crippen LogP contribution in [0, 0.1) is 6.07 Å². The van der Waals surface area contributed by atoms with E-state index in [0.29, 0.717) is 0 Å². The van der Waals surface area contributed by atoms with E-state index in [1.807, 2.05) is 0 Å². The van der Waals surface area contributed by atoms with Crippen molar-refractivity contribution in [1.82, 2.24) is 0 Å². The maximum absolute atomic E-state index is 11.6. The van der Waals surface area contributed by atoms with Crippen LogP contribution in [0.15, 0.2) is 17.0 Å². The van der Waals surface area contributed by atoms with E-state index in [1.54, 1.807) is 0 Å². The number of hydrogen-bond donors (Lipinski definition) is 4. The normalized spacial score (nSPS) is 10.9. The Labute approximate surface area is 141 Å². The van der Waals surface area contributed by atoms with Gasteiger partial charge in [0.1, 0.15) is 6.61 Å². The first-order chi connectivity index (χ1) is 9.14. The third-order valence-corrected chi connectivity index (χ3v) is 2.97. The molecule has 0 unspecified atom stereocenters. The number of carbonyl (C=O) groups is 2. The molecule has 0 aliphatic heterocycles. The van der Waals surface area contributed by atoms with Gasteiger partial charge in [-0.2, -0.15) is 26.6 Å². The Morgan fingerprint density at radius 2 is 1.76 bits per heavy atom. The molecule has 0 spiro atoms. The summed E-state index contributed by atoms with van der Waals surface area (Å²) >= 11 is 0. The Kier molecular flexibility index (Phi) is 7.47. The fourth-order valence-corrected chi connectivity index (χ4v) is 2.15.